The molecule has 0 amide bonds. The normalized spacial score (nSPS) is 10.6. The van der Waals surface area contributed by atoms with Crippen LogP contribution >= 0.6 is 24.0 Å². The van der Waals surface area contributed by atoms with E-state index in [9.17, 15) is 10.1 Å². The highest BCUT2D eigenvalue weighted by Gasteiger charge is 2.12. The fraction of sp³-hybridized carbons (Fsp3) is 0.200. The highest BCUT2D eigenvalue weighted by atomic mass is 127. The first kappa shape index (κ1) is 18.8. The molecule has 2 aromatic rings. The quantitative estimate of drug-likeness (QED) is 0.252. The largest absolute Gasteiger partial charge is 0.352 e. The predicted octanol–water partition coefficient (Wildman–Crippen LogP) is 2.47. The third kappa shape index (κ3) is 5.81. The van der Waals surface area contributed by atoms with Gasteiger partial charge < -0.3 is 10.6 Å². The molecule has 23 heavy (non-hydrogen) atoms. The molecule has 0 aliphatic heterocycles. The first-order valence-corrected chi connectivity index (χ1v) is 6.77. The van der Waals surface area contributed by atoms with Gasteiger partial charge in [-0.2, -0.15) is 0 Å². The minimum absolute atomic E-state index is 0. The van der Waals surface area contributed by atoms with Crippen molar-refractivity contribution in [2.45, 2.75) is 13.1 Å². The summed E-state index contributed by atoms with van der Waals surface area (Å²) in [6, 6.07) is 12.3. The van der Waals surface area contributed by atoms with Crippen LogP contribution in [0.2, 0.25) is 0 Å². The van der Waals surface area contributed by atoms with Crippen LogP contribution in [0.5, 0.6) is 0 Å². The van der Waals surface area contributed by atoms with Crippen molar-refractivity contribution >= 4 is 35.6 Å². The molecule has 2 rings (SSSR count). The molecule has 1 aromatic heterocycles. The Morgan fingerprint density at radius 2 is 1.87 bits per heavy atom. The maximum Gasteiger partial charge on any atom is 0.274 e. The summed E-state index contributed by atoms with van der Waals surface area (Å²) in [6.45, 7) is 0.844. The Hall–Kier alpha value is -2.23. The predicted molar refractivity (Wildman–Crippen MR) is 99.8 cm³/mol. The number of nitro groups is 1. The lowest BCUT2D eigenvalue weighted by atomic mass is 10.2. The van der Waals surface area contributed by atoms with Crippen LogP contribution in [-0.2, 0) is 13.1 Å². The number of hydrogen-bond acceptors (Lipinski definition) is 4. The maximum absolute atomic E-state index is 11.0. The fourth-order valence-electron chi connectivity index (χ4n) is 1.91. The van der Waals surface area contributed by atoms with Crippen molar-refractivity contribution in [1.29, 1.82) is 0 Å². The molecule has 1 heterocycles. The average molecular weight is 427 g/mol. The number of benzene rings is 1. The van der Waals surface area contributed by atoms with E-state index < -0.39 is 0 Å². The van der Waals surface area contributed by atoms with Gasteiger partial charge in [0.15, 0.2) is 5.96 Å². The molecule has 1 aromatic carbocycles. The number of aliphatic imine (C=N–C) groups is 1. The van der Waals surface area contributed by atoms with Gasteiger partial charge in [0.2, 0.25) is 0 Å². The minimum atomic E-state index is -0.388. The van der Waals surface area contributed by atoms with E-state index in [2.05, 4.69) is 20.6 Å². The van der Waals surface area contributed by atoms with Gasteiger partial charge in [-0.15, -0.1) is 24.0 Å². The number of pyridine rings is 1. The number of nitro benzene ring substituents is 1. The Kier molecular flexibility index (Phi) is 7.95. The Morgan fingerprint density at radius 3 is 2.52 bits per heavy atom. The van der Waals surface area contributed by atoms with E-state index in [0.717, 1.165) is 5.69 Å². The molecule has 2 N–H and O–H groups in total. The summed E-state index contributed by atoms with van der Waals surface area (Å²) in [4.78, 5) is 18.9. The molecular formula is C15H18IN5O2. The van der Waals surface area contributed by atoms with E-state index >= 15 is 0 Å². The van der Waals surface area contributed by atoms with Gasteiger partial charge in [0, 0.05) is 31.4 Å². The molecule has 0 unspecified atom stereocenters. The molecule has 7 nitrogen and oxygen atoms in total. The van der Waals surface area contributed by atoms with Crippen molar-refractivity contribution in [1.82, 2.24) is 15.6 Å². The van der Waals surface area contributed by atoms with Crippen LogP contribution in [0.4, 0.5) is 5.69 Å². The molecule has 0 saturated carbocycles. The van der Waals surface area contributed by atoms with Crippen molar-refractivity contribution in [3.8, 4) is 0 Å². The second-order valence-corrected chi connectivity index (χ2v) is 4.49. The summed E-state index contributed by atoms with van der Waals surface area (Å²) in [7, 11) is 1.65. The lowest BCUT2D eigenvalue weighted by Crippen LogP contribution is -2.36. The number of guanidine groups is 1. The van der Waals surface area contributed by atoms with E-state index in [1.54, 1.807) is 31.4 Å². The van der Waals surface area contributed by atoms with Crippen LogP contribution in [0, 0.1) is 10.1 Å². The molecule has 0 aliphatic carbocycles. The third-order valence-electron chi connectivity index (χ3n) is 3.02. The minimum Gasteiger partial charge on any atom is -0.352 e. The summed E-state index contributed by atoms with van der Waals surface area (Å²) in [6.07, 6.45) is 1.72. The topological polar surface area (TPSA) is 92.5 Å². The highest BCUT2D eigenvalue weighted by molar-refractivity contribution is 14.0. The first-order valence-electron chi connectivity index (χ1n) is 6.77. The van der Waals surface area contributed by atoms with Gasteiger partial charge in [-0.3, -0.25) is 20.1 Å². The monoisotopic (exact) mass is 427 g/mol. The van der Waals surface area contributed by atoms with Gasteiger partial charge in [0.25, 0.3) is 5.69 Å². The van der Waals surface area contributed by atoms with Crippen LogP contribution in [0.25, 0.3) is 0 Å². The summed E-state index contributed by atoms with van der Waals surface area (Å²) in [5.41, 5.74) is 1.58. The second kappa shape index (κ2) is 9.72. The van der Waals surface area contributed by atoms with Crippen molar-refractivity contribution in [2.24, 2.45) is 4.99 Å². The lowest BCUT2D eigenvalue weighted by Gasteiger charge is -2.11. The molecule has 0 atom stereocenters. The van der Waals surface area contributed by atoms with Gasteiger partial charge in [-0.25, -0.2) is 0 Å². The van der Waals surface area contributed by atoms with Crippen molar-refractivity contribution in [3.63, 3.8) is 0 Å². The molecule has 0 saturated heterocycles. The highest BCUT2D eigenvalue weighted by Crippen LogP contribution is 2.16. The van der Waals surface area contributed by atoms with Gasteiger partial charge >= 0.3 is 0 Å². The molecule has 8 heteroatoms. The van der Waals surface area contributed by atoms with Crippen LogP contribution in [0.3, 0.4) is 0 Å². The van der Waals surface area contributed by atoms with Crippen LogP contribution < -0.4 is 10.6 Å². The Balaban J connectivity index is 0.00000264. The molecule has 0 bridgehead atoms. The summed E-state index contributed by atoms with van der Waals surface area (Å²) in [5, 5.41) is 17.1. The van der Waals surface area contributed by atoms with Crippen molar-refractivity contribution in [2.75, 3.05) is 7.05 Å². The lowest BCUT2D eigenvalue weighted by molar-refractivity contribution is -0.385. The Bertz CT molecular complexity index is 664. The van der Waals surface area contributed by atoms with Crippen LogP contribution in [0.15, 0.2) is 53.7 Å². The van der Waals surface area contributed by atoms with Gasteiger partial charge in [-0.05, 0) is 12.1 Å². The fourth-order valence-corrected chi connectivity index (χ4v) is 1.91. The first-order chi connectivity index (χ1) is 10.7. The summed E-state index contributed by atoms with van der Waals surface area (Å²) >= 11 is 0. The number of para-hydroxylation sites is 1. The van der Waals surface area contributed by atoms with Crippen LogP contribution in [0.1, 0.15) is 11.3 Å². The number of rotatable bonds is 5. The van der Waals surface area contributed by atoms with Crippen molar-refractivity contribution in [3.05, 3.63) is 70.0 Å². The van der Waals surface area contributed by atoms with Gasteiger partial charge in [-0.1, -0.05) is 24.3 Å². The zero-order valence-corrected chi connectivity index (χ0v) is 14.9. The van der Waals surface area contributed by atoms with Crippen molar-refractivity contribution < 1.29 is 4.92 Å². The standard InChI is InChI=1S/C15H17N5O2.HI/c1-16-15(19-11-13-7-4-5-9-17-13)18-10-12-6-2-3-8-14(12)20(21)22;/h2-9H,10-11H2,1H3,(H2,16,18,19);1H. The van der Waals surface area contributed by atoms with Gasteiger partial charge in [0.05, 0.1) is 17.2 Å². The molecule has 0 aliphatic rings. The summed E-state index contributed by atoms with van der Waals surface area (Å²) in [5.74, 6) is 0.559. The zero-order chi connectivity index (χ0) is 15.8. The number of hydrogen-bond donors (Lipinski definition) is 2. The summed E-state index contributed by atoms with van der Waals surface area (Å²) < 4.78 is 0. The third-order valence-corrected chi connectivity index (χ3v) is 3.02. The molecule has 0 fully saturated rings. The maximum atomic E-state index is 11.0. The number of nitrogens with one attached hydrogen (secondary N) is 2. The second-order valence-electron chi connectivity index (χ2n) is 4.49. The average Bonchev–Trinajstić information content (AvgIpc) is 2.56. The molecule has 0 radical (unpaired) electrons. The van der Waals surface area contributed by atoms with E-state index in [1.165, 1.54) is 6.07 Å². The smallest absolute Gasteiger partial charge is 0.274 e. The SMILES string of the molecule is CN=C(NCc1ccccn1)NCc1ccccc1[N+](=O)[O-].I. The van der Waals surface area contributed by atoms with Gasteiger partial charge in [0.1, 0.15) is 0 Å². The zero-order valence-electron chi connectivity index (χ0n) is 12.6. The Labute approximate surface area is 151 Å². The van der Waals surface area contributed by atoms with E-state index in [-0.39, 0.29) is 34.6 Å². The number of aromatic nitrogens is 1. The van der Waals surface area contributed by atoms with Crippen LogP contribution in [-0.4, -0.2) is 22.9 Å². The number of nitrogens with zero attached hydrogens (tertiary/aromatic N) is 3. The van der Waals surface area contributed by atoms with E-state index in [4.69, 9.17) is 0 Å². The molecule has 0 spiro atoms. The van der Waals surface area contributed by atoms with E-state index in [0.29, 0.717) is 24.6 Å². The molecular weight excluding hydrogens is 409 g/mol. The van der Waals surface area contributed by atoms with E-state index in [1.807, 2.05) is 18.2 Å². The number of halogens is 1. The Morgan fingerprint density at radius 1 is 1.17 bits per heavy atom. The molecule has 122 valence electrons.